The van der Waals surface area contributed by atoms with Gasteiger partial charge in [-0.05, 0) is 19.5 Å². The van der Waals surface area contributed by atoms with Gasteiger partial charge in [0, 0.05) is 37.4 Å². The Labute approximate surface area is 96.6 Å². The van der Waals surface area contributed by atoms with E-state index in [0.717, 1.165) is 25.5 Å². The molecule has 1 unspecified atom stereocenters. The van der Waals surface area contributed by atoms with Crippen LogP contribution in [0.15, 0.2) is 18.3 Å². The van der Waals surface area contributed by atoms with Crippen molar-refractivity contribution in [2.45, 2.75) is 19.0 Å². The number of nitrogens with one attached hydrogen (secondary N) is 1. The summed E-state index contributed by atoms with van der Waals surface area (Å²) in [6.45, 7) is 3.17. The van der Waals surface area contributed by atoms with Crippen molar-refractivity contribution in [2.24, 2.45) is 0 Å². The average Bonchev–Trinajstić information content (AvgIpc) is 2.77. The van der Waals surface area contributed by atoms with Crippen molar-refractivity contribution in [2.75, 3.05) is 27.2 Å². The largest absolute Gasteiger partial charge is 0.481 e. The molecule has 0 aromatic carbocycles. The molecule has 1 saturated heterocycles. The van der Waals surface area contributed by atoms with E-state index in [1.54, 1.807) is 13.3 Å². The lowest BCUT2D eigenvalue weighted by Crippen LogP contribution is -2.29. The fourth-order valence-electron chi connectivity index (χ4n) is 2.18. The van der Waals surface area contributed by atoms with Gasteiger partial charge in [0.15, 0.2) is 0 Å². The number of nitrogens with zero attached hydrogens (tertiary/aromatic N) is 2. The molecular weight excluding hydrogens is 202 g/mol. The van der Waals surface area contributed by atoms with Crippen LogP contribution < -0.4 is 10.1 Å². The van der Waals surface area contributed by atoms with Gasteiger partial charge in [0.2, 0.25) is 5.88 Å². The van der Waals surface area contributed by atoms with E-state index in [-0.39, 0.29) is 0 Å². The summed E-state index contributed by atoms with van der Waals surface area (Å²) in [5, 5.41) is 3.32. The van der Waals surface area contributed by atoms with Gasteiger partial charge in [-0.15, -0.1) is 0 Å². The van der Waals surface area contributed by atoms with Gasteiger partial charge in [0.05, 0.1) is 7.11 Å². The van der Waals surface area contributed by atoms with E-state index < -0.39 is 0 Å². The summed E-state index contributed by atoms with van der Waals surface area (Å²) < 4.78 is 5.26. The molecule has 2 heterocycles. The van der Waals surface area contributed by atoms with Crippen molar-refractivity contribution in [3.63, 3.8) is 0 Å². The maximum Gasteiger partial charge on any atom is 0.217 e. The molecule has 1 atom stereocenters. The van der Waals surface area contributed by atoms with Gasteiger partial charge < -0.3 is 10.1 Å². The van der Waals surface area contributed by atoms with Crippen molar-refractivity contribution in [3.8, 4) is 5.88 Å². The van der Waals surface area contributed by atoms with Crippen LogP contribution in [0, 0.1) is 0 Å². The van der Waals surface area contributed by atoms with Crippen LogP contribution in [0.5, 0.6) is 5.88 Å². The highest BCUT2D eigenvalue weighted by Crippen LogP contribution is 2.19. The number of hydrogen-bond donors (Lipinski definition) is 1. The molecule has 2 rings (SSSR count). The van der Waals surface area contributed by atoms with Gasteiger partial charge in [-0.1, -0.05) is 6.07 Å². The highest BCUT2D eigenvalue weighted by molar-refractivity contribution is 5.25. The Morgan fingerprint density at radius 2 is 2.50 bits per heavy atom. The van der Waals surface area contributed by atoms with Crippen molar-refractivity contribution in [1.29, 1.82) is 0 Å². The number of rotatable bonds is 4. The number of aromatic nitrogens is 1. The zero-order valence-electron chi connectivity index (χ0n) is 9.94. The Bertz CT molecular complexity index is 343. The van der Waals surface area contributed by atoms with Gasteiger partial charge >= 0.3 is 0 Å². The molecule has 16 heavy (non-hydrogen) atoms. The lowest BCUT2D eigenvalue weighted by atomic mass is 10.2. The van der Waals surface area contributed by atoms with E-state index >= 15 is 0 Å². The highest BCUT2D eigenvalue weighted by Gasteiger charge is 2.21. The Kier molecular flexibility index (Phi) is 3.74. The third-order valence-corrected chi connectivity index (χ3v) is 3.12. The first kappa shape index (κ1) is 11.4. The van der Waals surface area contributed by atoms with Crippen molar-refractivity contribution < 1.29 is 4.74 Å². The zero-order valence-corrected chi connectivity index (χ0v) is 9.94. The number of methoxy groups -OCH3 is 1. The van der Waals surface area contributed by atoms with Gasteiger partial charge in [-0.25, -0.2) is 4.98 Å². The second-order valence-electron chi connectivity index (χ2n) is 4.18. The normalized spacial score (nSPS) is 21.2. The monoisotopic (exact) mass is 221 g/mol. The number of ether oxygens (including phenoxy) is 1. The first-order valence-corrected chi connectivity index (χ1v) is 5.71. The van der Waals surface area contributed by atoms with Crippen LogP contribution in [0.3, 0.4) is 0 Å². The number of hydrogen-bond acceptors (Lipinski definition) is 4. The van der Waals surface area contributed by atoms with E-state index in [0.29, 0.717) is 6.04 Å². The van der Waals surface area contributed by atoms with Crippen LogP contribution in [0.2, 0.25) is 0 Å². The highest BCUT2D eigenvalue weighted by atomic mass is 16.5. The Morgan fingerprint density at radius 1 is 1.62 bits per heavy atom. The molecule has 0 bridgehead atoms. The Balaban J connectivity index is 1.99. The summed E-state index contributed by atoms with van der Waals surface area (Å²) in [7, 11) is 3.70. The molecule has 1 fully saturated rings. The van der Waals surface area contributed by atoms with Crippen LogP contribution in [-0.4, -0.2) is 43.2 Å². The van der Waals surface area contributed by atoms with Crippen LogP contribution in [0.25, 0.3) is 0 Å². The van der Waals surface area contributed by atoms with E-state index in [1.807, 2.05) is 13.1 Å². The maximum absolute atomic E-state index is 5.26. The fraction of sp³-hybridized carbons (Fsp3) is 0.583. The molecule has 1 aliphatic heterocycles. The van der Waals surface area contributed by atoms with E-state index in [2.05, 4.69) is 21.3 Å². The minimum Gasteiger partial charge on any atom is -0.481 e. The topological polar surface area (TPSA) is 37.4 Å². The van der Waals surface area contributed by atoms with Gasteiger partial charge in [-0.3, -0.25) is 4.90 Å². The summed E-state index contributed by atoms with van der Waals surface area (Å²) >= 11 is 0. The molecule has 0 aliphatic carbocycles. The van der Waals surface area contributed by atoms with Crippen LogP contribution in [-0.2, 0) is 6.54 Å². The van der Waals surface area contributed by atoms with Crippen LogP contribution >= 0.6 is 0 Å². The van der Waals surface area contributed by atoms with Gasteiger partial charge in [0.25, 0.3) is 0 Å². The standard InChI is InChI=1S/C12H19N3O/c1-13-11-5-7-15(9-11)8-10-4-3-6-14-12(10)16-2/h3-4,6,11,13H,5,7-9H2,1-2H3. The minimum absolute atomic E-state index is 0.627. The summed E-state index contributed by atoms with van der Waals surface area (Å²) in [5.41, 5.74) is 1.17. The predicted molar refractivity (Wildman–Crippen MR) is 63.5 cm³/mol. The number of likely N-dealkylation sites (N-methyl/N-ethyl adjacent to an activating group) is 1. The summed E-state index contributed by atoms with van der Waals surface area (Å²) in [4.78, 5) is 6.65. The molecule has 0 spiro atoms. The molecule has 1 aliphatic rings. The number of pyridine rings is 1. The second kappa shape index (κ2) is 5.27. The molecule has 0 saturated carbocycles. The smallest absolute Gasteiger partial charge is 0.217 e. The third-order valence-electron chi connectivity index (χ3n) is 3.12. The van der Waals surface area contributed by atoms with Crippen molar-refractivity contribution in [3.05, 3.63) is 23.9 Å². The van der Waals surface area contributed by atoms with E-state index in [4.69, 9.17) is 4.74 Å². The Hall–Kier alpha value is -1.13. The predicted octanol–water partition coefficient (Wildman–Crippen LogP) is 0.884. The molecule has 4 heteroatoms. The minimum atomic E-state index is 0.627. The number of likely N-dealkylation sites (tertiary alicyclic amines) is 1. The third kappa shape index (κ3) is 2.51. The van der Waals surface area contributed by atoms with Crippen molar-refractivity contribution in [1.82, 2.24) is 15.2 Å². The van der Waals surface area contributed by atoms with Crippen LogP contribution in [0.4, 0.5) is 0 Å². The van der Waals surface area contributed by atoms with E-state index in [1.165, 1.54) is 12.0 Å². The first-order chi connectivity index (χ1) is 7.83. The molecule has 1 N–H and O–H groups in total. The summed E-state index contributed by atoms with van der Waals surface area (Å²) in [5.74, 6) is 0.746. The quantitative estimate of drug-likeness (QED) is 0.819. The van der Waals surface area contributed by atoms with Crippen LogP contribution in [0.1, 0.15) is 12.0 Å². The molecule has 88 valence electrons. The molecule has 4 nitrogen and oxygen atoms in total. The second-order valence-corrected chi connectivity index (χ2v) is 4.18. The summed E-state index contributed by atoms with van der Waals surface area (Å²) in [6, 6.07) is 4.67. The molecular formula is C12H19N3O. The maximum atomic E-state index is 5.26. The molecule has 1 aromatic rings. The lowest BCUT2D eigenvalue weighted by molar-refractivity contribution is 0.310. The SMILES string of the molecule is CNC1CCN(Cc2cccnc2OC)C1. The fourth-order valence-corrected chi connectivity index (χ4v) is 2.18. The van der Waals surface area contributed by atoms with Gasteiger partial charge in [0.1, 0.15) is 0 Å². The van der Waals surface area contributed by atoms with Gasteiger partial charge in [-0.2, -0.15) is 0 Å². The summed E-state index contributed by atoms with van der Waals surface area (Å²) in [6.07, 6.45) is 2.99. The molecule has 0 amide bonds. The van der Waals surface area contributed by atoms with Crippen molar-refractivity contribution >= 4 is 0 Å². The Morgan fingerprint density at radius 3 is 3.19 bits per heavy atom. The average molecular weight is 221 g/mol. The zero-order chi connectivity index (χ0) is 11.4. The lowest BCUT2D eigenvalue weighted by Gasteiger charge is -2.17. The van der Waals surface area contributed by atoms with E-state index in [9.17, 15) is 0 Å². The molecule has 1 aromatic heterocycles. The molecule has 0 radical (unpaired) electrons. The first-order valence-electron chi connectivity index (χ1n) is 5.71.